The second-order valence-corrected chi connectivity index (χ2v) is 13.9. The van der Waals surface area contributed by atoms with Crippen molar-refractivity contribution in [2.75, 3.05) is 30.4 Å². The fourth-order valence-corrected chi connectivity index (χ4v) is 8.49. The van der Waals surface area contributed by atoms with E-state index in [0.717, 1.165) is 26.7 Å². The maximum Gasteiger partial charge on any atom is 0.353 e. The molecule has 3 amide bonds. The highest BCUT2D eigenvalue weighted by atomic mass is 35.5. The number of fused-ring (bicyclic) bond motifs is 1. The minimum atomic E-state index is -1.63. The lowest BCUT2D eigenvalue weighted by Crippen LogP contribution is -2.70. The smallest absolute Gasteiger partial charge is 0.353 e. The zero-order valence-corrected chi connectivity index (χ0v) is 26.0. The van der Waals surface area contributed by atoms with Crippen LogP contribution in [0.15, 0.2) is 39.1 Å². The molecular formula is C23H25ClN8O7S4. The molecule has 1 fully saturated rings. The van der Waals surface area contributed by atoms with E-state index in [0.29, 0.717) is 23.0 Å². The number of thiazole rings is 1. The highest BCUT2D eigenvalue weighted by Gasteiger charge is 2.55. The van der Waals surface area contributed by atoms with Crippen LogP contribution in [0.5, 0.6) is 0 Å². The standard InChI is InChI=1S/C23H25ClN8O7S4/c24-17-13(30-23(26)43-17)14(31-39)19(35)29-15-20(36)32-16(22(37)38)12(8-41-21(15)32)42-11-1-2-27-5-9(11)7-40-4-3-28-18(34)10(25)6-33/h1-2,5,10,14-15,21,33H,3-4,6-8,25H2,(H2,26,30)(H,28,34)(H,29,35)(H,37,38)/t10-,14?,15+,21-/m0/s1. The minimum absolute atomic E-state index is 0.0204. The molecule has 15 nitrogen and oxygen atoms in total. The van der Waals surface area contributed by atoms with Crippen molar-refractivity contribution in [2.45, 2.75) is 34.1 Å². The Balaban J connectivity index is 1.42. The second-order valence-electron chi connectivity index (χ2n) is 8.91. The van der Waals surface area contributed by atoms with Crippen molar-refractivity contribution >= 4 is 87.0 Å². The van der Waals surface area contributed by atoms with Gasteiger partial charge in [0.05, 0.1) is 6.61 Å². The van der Waals surface area contributed by atoms with Crippen LogP contribution in [0.4, 0.5) is 5.13 Å². The number of nitrogens with two attached hydrogens (primary N) is 2. The third kappa shape index (κ3) is 7.41. The molecule has 4 atom stereocenters. The number of aliphatic hydroxyl groups excluding tert-OH is 1. The Labute approximate surface area is 265 Å². The first-order valence-corrected chi connectivity index (χ1v) is 16.6. The van der Waals surface area contributed by atoms with Crippen molar-refractivity contribution in [3.05, 3.63) is 49.6 Å². The first kappa shape index (κ1) is 33.0. The largest absolute Gasteiger partial charge is 0.477 e. The van der Waals surface area contributed by atoms with Crippen LogP contribution in [-0.4, -0.2) is 90.9 Å². The zero-order valence-electron chi connectivity index (χ0n) is 22.0. The number of β-lactam (4-membered cyclic amide) rings is 1. The number of nitrogen functional groups attached to an aromatic ring is 1. The van der Waals surface area contributed by atoms with Gasteiger partial charge in [0.1, 0.15) is 33.2 Å². The zero-order chi connectivity index (χ0) is 31.3. The summed E-state index contributed by atoms with van der Waals surface area (Å²) >= 11 is 10.9. The van der Waals surface area contributed by atoms with Crippen molar-refractivity contribution in [1.82, 2.24) is 25.5 Å². The summed E-state index contributed by atoms with van der Waals surface area (Å²) in [6.45, 7) is -0.104. The number of hydrogen-bond acceptors (Lipinski definition) is 15. The number of carbonyl (C=O) groups is 4. The van der Waals surface area contributed by atoms with Crippen molar-refractivity contribution in [2.24, 2.45) is 10.9 Å². The summed E-state index contributed by atoms with van der Waals surface area (Å²) in [6, 6.07) is -1.95. The summed E-state index contributed by atoms with van der Waals surface area (Å²) in [7, 11) is 0. The lowest BCUT2D eigenvalue weighted by Gasteiger charge is -2.49. The number of nitrogens with zero attached hydrogens (tertiary/aromatic N) is 4. The highest BCUT2D eigenvalue weighted by molar-refractivity contribution is 8.06. The molecule has 43 heavy (non-hydrogen) atoms. The van der Waals surface area contributed by atoms with E-state index in [1.54, 1.807) is 18.5 Å². The SMILES string of the molecule is Nc1nc(C(N=O)C(=O)N[C@@H]2C(=O)N3C(C(=O)O)=C(Sc4ccncc4CSCCNC(=O)[C@@H](N)CO)CS[C@@H]23)c(Cl)s1. The van der Waals surface area contributed by atoms with Crippen molar-refractivity contribution < 1.29 is 29.4 Å². The van der Waals surface area contributed by atoms with Gasteiger partial charge in [0.25, 0.3) is 11.8 Å². The number of nitrogens with one attached hydrogen (secondary N) is 2. The van der Waals surface area contributed by atoms with Crippen molar-refractivity contribution in [1.29, 1.82) is 0 Å². The van der Waals surface area contributed by atoms with Gasteiger partial charge in [-0.2, -0.15) is 11.8 Å². The Bertz CT molecular complexity index is 1460. The van der Waals surface area contributed by atoms with Crippen LogP contribution in [0.25, 0.3) is 0 Å². The van der Waals surface area contributed by atoms with E-state index in [1.165, 1.54) is 35.3 Å². The summed E-state index contributed by atoms with van der Waals surface area (Å²) in [5, 5.41) is 26.2. The summed E-state index contributed by atoms with van der Waals surface area (Å²) in [6.07, 6.45) is 3.24. The molecule has 4 heterocycles. The Morgan fingerprint density at radius 2 is 2.09 bits per heavy atom. The predicted octanol–water partition coefficient (Wildman–Crippen LogP) is 0.739. The molecule has 0 radical (unpaired) electrons. The first-order chi connectivity index (χ1) is 20.6. The number of nitroso groups, excluding NO2 is 1. The molecule has 20 heteroatoms. The molecule has 8 N–H and O–H groups in total. The predicted molar refractivity (Wildman–Crippen MR) is 164 cm³/mol. The third-order valence-corrected chi connectivity index (χ3v) is 10.9. The Hall–Kier alpha value is -2.94. The number of carbonyl (C=O) groups excluding carboxylic acids is 3. The molecule has 2 aromatic heterocycles. The molecule has 230 valence electrons. The minimum Gasteiger partial charge on any atom is -0.477 e. The van der Waals surface area contributed by atoms with Gasteiger partial charge in [-0.25, -0.2) is 9.78 Å². The van der Waals surface area contributed by atoms with Gasteiger partial charge in [-0.1, -0.05) is 34.7 Å². The van der Waals surface area contributed by atoms with Gasteiger partial charge in [-0.05, 0) is 16.8 Å². The topological polar surface area (TPSA) is 243 Å². The third-order valence-electron chi connectivity index (χ3n) is 6.10. The Kier molecular flexibility index (Phi) is 11.3. The fraction of sp³-hybridized carbons (Fsp3) is 0.391. The van der Waals surface area contributed by atoms with Crippen LogP contribution in [0.2, 0.25) is 4.34 Å². The molecule has 0 saturated carbocycles. The maximum absolute atomic E-state index is 13.1. The number of carboxylic acids is 1. The van der Waals surface area contributed by atoms with Crippen molar-refractivity contribution in [3.8, 4) is 0 Å². The van der Waals surface area contributed by atoms with Gasteiger partial charge in [-0.3, -0.25) is 24.3 Å². The van der Waals surface area contributed by atoms with E-state index in [2.05, 4.69) is 25.8 Å². The second kappa shape index (κ2) is 14.7. The van der Waals surface area contributed by atoms with E-state index in [1.807, 2.05) is 0 Å². The van der Waals surface area contributed by atoms with E-state index in [9.17, 15) is 29.2 Å². The number of amides is 3. The first-order valence-electron chi connectivity index (χ1n) is 12.4. The average molecular weight is 689 g/mol. The number of halogens is 1. The van der Waals surface area contributed by atoms with Crippen LogP contribution in [0.3, 0.4) is 0 Å². The van der Waals surface area contributed by atoms with Crippen LogP contribution in [-0.2, 0) is 24.9 Å². The molecule has 0 spiro atoms. The van der Waals surface area contributed by atoms with E-state index in [4.69, 9.17) is 28.2 Å². The number of rotatable bonds is 14. The molecule has 2 aliphatic rings. The van der Waals surface area contributed by atoms with Crippen LogP contribution >= 0.6 is 58.2 Å². The number of aliphatic hydroxyl groups is 1. The molecule has 1 unspecified atom stereocenters. The van der Waals surface area contributed by atoms with Gasteiger partial charge in [-0.15, -0.1) is 16.7 Å². The monoisotopic (exact) mass is 688 g/mol. The highest BCUT2D eigenvalue weighted by Crippen LogP contribution is 2.46. The van der Waals surface area contributed by atoms with Crippen LogP contribution in [0.1, 0.15) is 17.3 Å². The van der Waals surface area contributed by atoms with E-state index < -0.39 is 53.8 Å². The number of anilines is 1. The Morgan fingerprint density at radius 3 is 2.74 bits per heavy atom. The van der Waals surface area contributed by atoms with E-state index >= 15 is 0 Å². The van der Waals surface area contributed by atoms with Crippen LogP contribution in [0, 0.1) is 4.91 Å². The number of thioether (sulfide) groups is 3. The lowest BCUT2D eigenvalue weighted by molar-refractivity contribution is -0.150. The molecule has 2 aromatic rings. The van der Waals surface area contributed by atoms with Crippen LogP contribution < -0.4 is 22.1 Å². The van der Waals surface area contributed by atoms with E-state index in [-0.39, 0.29) is 26.6 Å². The summed E-state index contributed by atoms with van der Waals surface area (Å²) in [5.74, 6) is -1.99. The average Bonchev–Trinajstić information content (AvgIpc) is 3.32. The number of pyridine rings is 1. The number of carboxylic acid groups (broad SMARTS) is 1. The number of aliphatic carboxylic acids is 1. The molecule has 1 saturated heterocycles. The number of hydrogen-bond donors (Lipinski definition) is 6. The normalized spacial score (nSPS) is 19.2. The van der Waals surface area contributed by atoms with Gasteiger partial charge >= 0.3 is 5.97 Å². The summed E-state index contributed by atoms with van der Waals surface area (Å²) < 4.78 is 0.0204. The molecule has 4 rings (SSSR count). The molecular weight excluding hydrogens is 664 g/mol. The number of aromatic nitrogens is 2. The van der Waals surface area contributed by atoms with Gasteiger partial charge < -0.3 is 32.3 Å². The summed E-state index contributed by atoms with van der Waals surface area (Å²) in [4.78, 5) is 71.7. The fourth-order valence-electron chi connectivity index (χ4n) is 4.02. The molecule has 0 bridgehead atoms. The maximum atomic E-state index is 13.1. The molecule has 2 aliphatic heterocycles. The van der Waals surface area contributed by atoms with Gasteiger partial charge in [0.2, 0.25) is 11.9 Å². The van der Waals surface area contributed by atoms with Crippen molar-refractivity contribution in [3.63, 3.8) is 0 Å². The lowest BCUT2D eigenvalue weighted by atomic mass is 10.0. The Morgan fingerprint density at radius 1 is 1.33 bits per heavy atom. The van der Waals surface area contributed by atoms with Gasteiger partial charge in [0, 0.05) is 46.0 Å². The quantitative estimate of drug-likeness (QED) is 0.0911. The molecule has 0 aromatic carbocycles. The van der Waals surface area contributed by atoms with Gasteiger partial charge in [0.15, 0.2) is 5.13 Å². The summed E-state index contributed by atoms with van der Waals surface area (Å²) in [5.41, 5.74) is 11.6. The molecule has 0 aliphatic carbocycles.